The summed E-state index contributed by atoms with van der Waals surface area (Å²) in [7, 11) is 1.54. The minimum Gasteiger partial charge on any atom is -0.451 e. The molecule has 0 fully saturated rings. The molecule has 0 aliphatic carbocycles. The molecule has 17 heavy (non-hydrogen) atoms. The fraction of sp³-hybridized carbons (Fsp3) is 0.500. The second-order valence-corrected chi connectivity index (χ2v) is 3.47. The van der Waals surface area contributed by atoms with Gasteiger partial charge in [0.05, 0.1) is 6.61 Å². The van der Waals surface area contributed by atoms with Crippen molar-refractivity contribution in [3.63, 3.8) is 0 Å². The highest BCUT2D eigenvalue weighted by Crippen LogP contribution is 1.95. The number of carbonyl (C=O) groups excluding carboxylic acids is 2. The minimum atomic E-state index is -0.614. The van der Waals surface area contributed by atoms with E-state index in [0.717, 1.165) is 0 Å². The number of hydrogen-bond donors (Lipinski definition) is 2. The van der Waals surface area contributed by atoms with Crippen LogP contribution < -0.4 is 5.32 Å². The minimum absolute atomic E-state index is 0.127. The van der Waals surface area contributed by atoms with E-state index in [2.05, 4.69) is 15.5 Å². The average Bonchev–Trinajstić information content (AvgIpc) is 2.79. The molecule has 2 N–H and O–H groups in total. The van der Waals surface area contributed by atoms with Crippen LogP contribution in [-0.4, -0.2) is 48.4 Å². The van der Waals surface area contributed by atoms with Gasteiger partial charge in [-0.15, -0.1) is 0 Å². The fourth-order valence-electron chi connectivity index (χ4n) is 1.19. The summed E-state index contributed by atoms with van der Waals surface area (Å²) in [4.78, 5) is 22.7. The molecule has 0 saturated carbocycles. The van der Waals surface area contributed by atoms with Gasteiger partial charge in [0.15, 0.2) is 6.61 Å². The molecule has 1 aromatic heterocycles. The Morgan fingerprint density at radius 2 is 2.35 bits per heavy atom. The molecule has 1 heterocycles. The molecule has 1 amide bonds. The van der Waals surface area contributed by atoms with Gasteiger partial charge in [-0.2, -0.15) is 5.10 Å². The van der Waals surface area contributed by atoms with Crippen molar-refractivity contribution in [3.8, 4) is 0 Å². The molecular formula is C10H15N3O4. The summed E-state index contributed by atoms with van der Waals surface area (Å²) in [5, 5.41) is 8.66. The van der Waals surface area contributed by atoms with Crippen LogP contribution in [0.5, 0.6) is 0 Å². The zero-order chi connectivity index (χ0) is 12.7. The molecule has 0 aliphatic rings. The molecule has 1 aromatic rings. The van der Waals surface area contributed by atoms with E-state index in [1.807, 2.05) is 0 Å². The number of ether oxygens (including phenoxy) is 2. The summed E-state index contributed by atoms with van der Waals surface area (Å²) in [6.45, 7) is 1.87. The van der Waals surface area contributed by atoms with E-state index in [-0.39, 0.29) is 24.2 Å². The number of methoxy groups -OCH3 is 1. The second-order valence-electron chi connectivity index (χ2n) is 3.47. The van der Waals surface area contributed by atoms with Crippen LogP contribution in [0.4, 0.5) is 0 Å². The lowest BCUT2D eigenvalue weighted by Gasteiger charge is -2.12. The van der Waals surface area contributed by atoms with Gasteiger partial charge in [0.25, 0.3) is 5.91 Å². The van der Waals surface area contributed by atoms with E-state index in [4.69, 9.17) is 9.47 Å². The average molecular weight is 241 g/mol. The smallest absolute Gasteiger partial charge is 0.356 e. The highest BCUT2D eigenvalue weighted by molar-refractivity contribution is 5.89. The molecule has 1 atom stereocenters. The van der Waals surface area contributed by atoms with E-state index >= 15 is 0 Å². The van der Waals surface area contributed by atoms with Crippen LogP contribution in [0.3, 0.4) is 0 Å². The number of amides is 1. The third kappa shape index (κ3) is 4.64. The van der Waals surface area contributed by atoms with Gasteiger partial charge in [-0.05, 0) is 13.0 Å². The molecule has 1 rings (SSSR count). The first-order chi connectivity index (χ1) is 8.13. The zero-order valence-corrected chi connectivity index (χ0v) is 9.73. The third-order valence-electron chi connectivity index (χ3n) is 1.88. The van der Waals surface area contributed by atoms with Crippen LogP contribution in [0.1, 0.15) is 17.4 Å². The number of esters is 1. The number of carbonyl (C=O) groups is 2. The topological polar surface area (TPSA) is 93.3 Å². The van der Waals surface area contributed by atoms with E-state index in [0.29, 0.717) is 6.61 Å². The fourth-order valence-corrected chi connectivity index (χ4v) is 1.19. The van der Waals surface area contributed by atoms with Gasteiger partial charge in [-0.3, -0.25) is 9.89 Å². The molecule has 7 nitrogen and oxygen atoms in total. The summed E-state index contributed by atoms with van der Waals surface area (Å²) in [5.41, 5.74) is 0.211. The number of nitrogens with one attached hydrogen (secondary N) is 2. The number of aromatic amines is 1. The lowest BCUT2D eigenvalue weighted by Crippen LogP contribution is -2.38. The number of aromatic nitrogens is 2. The summed E-state index contributed by atoms with van der Waals surface area (Å²) in [5.74, 6) is -0.987. The Morgan fingerprint density at radius 1 is 1.59 bits per heavy atom. The van der Waals surface area contributed by atoms with E-state index in [1.54, 1.807) is 14.0 Å². The summed E-state index contributed by atoms with van der Waals surface area (Å²) in [6.07, 6.45) is 1.43. The molecule has 0 saturated heterocycles. The lowest BCUT2D eigenvalue weighted by molar-refractivity contribution is -0.125. The van der Waals surface area contributed by atoms with Crippen LogP contribution in [0.15, 0.2) is 12.3 Å². The van der Waals surface area contributed by atoms with Crippen molar-refractivity contribution in [2.24, 2.45) is 0 Å². The zero-order valence-electron chi connectivity index (χ0n) is 9.73. The molecule has 0 spiro atoms. The SMILES string of the molecule is COCC(C)NC(=O)COC(=O)c1ccn[nH]1. The highest BCUT2D eigenvalue weighted by Gasteiger charge is 2.12. The van der Waals surface area contributed by atoms with Crippen LogP contribution in [0.25, 0.3) is 0 Å². The first-order valence-corrected chi connectivity index (χ1v) is 5.08. The summed E-state index contributed by atoms with van der Waals surface area (Å²) < 4.78 is 9.62. The van der Waals surface area contributed by atoms with Crippen molar-refractivity contribution < 1.29 is 19.1 Å². The maximum atomic E-state index is 11.3. The first kappa shape index (κ1) is 13.2. The van der Waals surface area contributed by atoms with Gasteiger partial charge in [-0.1, -0.05) is 0 Å². The Morgan fingerprint density at radius 3 is 2.94 bits per heavy atom. The quantitative estimate of drug-likeness (QED) is 0.668. The molecule has 0 radical (unpaired) electrons. The Hall–Kier alpha value is -1.89. The first-order valence-electron chi connectivity index (χ1n) is 5.08. The monoisotopic (exact) mass is 241 g/mol. The van der Waals surface area contributed by atoms with Crippen molar-refractivity contribution in [3.05, 3.63) is 18.0 Å². The Balaban J connectivity index is 2.26. The number of hydrogen-bond acceptors (Lipinski definition) is 5. The van der Waals surface area contributed by atoms with Crippen LogP contribution in [-0.2, 0) is 14.3 Å². The van der Waals surface area contributed by atoms with Crippen LogP contribution in [0.2, 0.25) is 0 Å². The van der Waals surface area contributed by atoms with Gasteiger partial charge < -0.3 is 14.8 Å². The van der Waals surface area contributed by atoms with Crippen molar-refractivity contribution in [1.29, 1.82) is 0 Å². The van der Waals surface area contributed by atoms with Crippen LogP contribution in [0, 0.1) is 0 Å². The van der Waals surface area contributed by atoms with E-state index in [1.165, 1.54) is 12.3 Å². The van der Waals surface area contributed by atoms with Crippen LogP contribution >= 0.6 is 0 Å². The number of rotatable bonds is 6. The van der Waals surface area contributed by atoms with Crippen molar-refractivity contribution in [1.82, 2.24) is 15.5 Å². The van der Waals surface area contributed by atoms with E-state index in [9.17, 15) is 9.59 Å². The van der Waals surface area contributed by atoms with Gasteiger partial charge in [0.1, 0.15) is 5.69 Å². The highest BCUT2D eigenvalue weighted by atomic mass is 16.5. The maximum absolute atomic E-state index is 11.3. The third-order valence-corrected chi connectivity index (χ3v) is 1.88. The van der Waals surface area contributed by atoms with Crippen molar-refractivity contribution in [2.45, 2.75) is 13.0 Å². The predicted molar refractivity (Wildman–Crippen MR) is 58.4 cm³/mol. The Bertz CT molecular complexity index is 364. The van der Waals surface area contributed by atoms with Gasteiger partial charge in [0.2, 0.25) is 0 Å². The standard InChI is InChI=1S/C10H15N3O4/c1-7(5-16-2)12-9(14)6-17-10(15)8-3-4-11-13-8/h3-4,7H,5-6H2,1-2H3,(H,11,13)(H,12,14). The Labute approximate surface area is 98.5 Å². The number of nitrogens with zero attached hydrogens (tertiary/aromatic N) is 1. The van der Waals surface area contributed by atoms with Gasteiger partial charge >= 0.3 is 5.97 Å². The molecule has 0 aromatic carbocycles. The largest absolute Gasteiger partial charge is 0.451 e. The number of H-pyrrole nitrogens is 1. The van der Waals surface area contributed by atoms with Crippen molar-refractivity contribution in [2.75, 3.05) is 20.3 Å². The predicted octanol–water partition coefficient (Wildman–Crippen LogP) is -0.282. The molecule has 94 valence electrons. The van der Waals surface area contributed by atoms with Gasteiger partial charge in [0, 0.05) is 19.3 Å². The van der Waals surface area contributed by atoms with Gasteiger partial charge in [-0.25, -0.2) is 4.79 Å². The summed E-state index contributed by atoms with van der Waals surface area (Å²) >= 11 is 0. The molecule has 0 bridgehead atoms. The summed E-state index contributed by atoms with van der Waals surface area (Å²) in [6, 6.07) is 1.34. The normalized spacial score (nSPS) is 11.9. The molecule has 0 aliphatic heterocycles. The van der Waals surface area contributed by atoms with Crippen molar-refractivity contribution >= 4 is 11.9 Å². The second kappa shape index (κ2) is 6.64. The lowest BCUT2D eigenvalue weighted by atomic mass is 10.3. The Kier molecular flexibility index (Phi) is 5.15. The van der Waals surface area contributed by atoms with E-state index < -0.39 is 5.97 Å². The molecule has 1 unspecified atom stereocenters. The molecule has 7 heteroatoms. The molecular weight excluding hydrogens is 226 g/mol. The maximum Gasteiger partial charge on any atom is 0.356 e.